The van der Waals surface area contributed by atoms with Gasteiger partial charge in [-0.15, -0.1) is 0 Å². The van der Waals surface area contributed by atoms with Gasteiger partial charge in [-0.3, -0.25) is 9.59 Å². The number of nitrogens with zero attached hydrogens (tertiary/aromatic N) is 1. The van der Waals surface area contributed by atoms with Crippen LogP contribution in [0.2, 0.25) is 0 Å². The summed E-state index contributed by atoms with van der Waals surface area (Å²) < 4.78 is 0. The molecule has 0 bridgehead atoms. The second-order valence-corrected chi connectivity index (χ2v) is 7.72. The Labute approximate surface area is 160 Å². The monoisotopic (exact) mass is 362 g/mol. The van der Waals surface area contributed by atoms with Crippen molar-refractivity contribution in [3.63, 3.8) is 0 Å². The molecule has 4 heteroatoms. The molecule has 2 amide bonds. The Morgan fingerprint density at radius 1 is 0.852 bits per heavy atom. The second kappa shape index (κ2) is 7.55. The Hall–Kier alpha value is -2.62. The van der Waals surface area contributed by atoms with Gasteiger partial charge in [0, 0.05) is 13.0 Å². The van der Waals surface area contributed by atoms with Crippen molar-refractivity contribution in [1.29, 1.82) is 0 Å². The topological polar surface area (TPSA) is 49.4 Å². The lowest BCUT2D eigenvalue weighted by Gasteiger charge is -2.50. The molecule has 1 heterocycles. The van der Waals surface area contributed by atoms with Crippen molar-refractivity contribution in [1.82, 2.24) is 10.2 Å². The summed E-state index contributed by atoms with van der Waals surface area (Å²) >= 11 is 0. The summed E-state index contributed by atoms with van der Waals surface area (Å²) in [5.74, 6) is 0.0721. The lowest BCUT2D eigenvalue weighted by Crippen LogP contribution is -2.71. The second-order valence-electron chi connectivity index (χ2n) is 7.72. The lowest BCUT2D eigenvalue weighted by atomic mass is 9.77. The average Bonchev–Trinajstić information content (AvgIpc) is 2.72. The Balaban J connectivity index is 1.64. The Kier molecular flexibility index (Phi) is 4.97. The van der Waals surface area contributed by atoms with E-state index in [1.807, 2.05) is 65.6 Å². The minimum Gasteiger partial charge on any atom is -0.342 e. The van der Waals surface area contributed by atoms with Crippen LogP contribution in [-0.4, -0.2) is 28.3 Å². The molecule has 1 saturated heterocycles. The van der Waals surface area contributed by atoms with E-state index in [0.717, 1.165) is 43.2 Å². The van der Waals surface area contributed by atoms with Gasteiger partial charge in [0.2, 0.25) is 11.8 Å². The summed E-state index contributed by atoms with van der Waals surface area (Å²) in [7, 11) is 0. The van der Waals surface area contributed by atoms with Gasteiger partial charge in [0.15, 0.2) is 0 Å². The maximum absolute atomic E-state index is 13.5. The third-order valence-electron chi connectivity index (χ3n) is 5.96. The van der Waals surface area contributed by atoms with Gasteiger partial charge in [0.05, 0.1) is 0 Å². The van der Waals surface area contributed by atoms with Crippen LogP contribution < -0.4 is 5.32 Å². The zero-order valence-electron chi connectivity index (χ0n) is 15.6. The molecule has 2 fully saturated rings. The molecule has 0 radical (unpaired) electrons. The zero-order chi connectivity index (χ0) is 18.7. The van der Waals surface area contributed by atoms with Crippen molar-refractivity contribution in [3.8, 4) is 0 Å². The predicted molar refractivity (Wildman–Crippen MR) is 105 cm³/mol. The summed E-state index contributed by atoms with van der Waals surface area (Å²) in [6, 6.07) is 19.4. The number of hydrogen-bond acceptors (Lipinski definition) is 2. The SMILES string of the molecule is O=C1C(Cc2ccccc2)NC(=O)C2(CCCCC2)N1Cc1ccccc1. The minimum atomic E-state index is -0.682. The van der Waals surface area contributed by atoms with Crippen molar-refractivity contribution >= 4 is 11.8 Å². The Morgan fingerprint density at radius 3 is 2.07 bits per heavy atom. The van der Waals surface area contributed by atoms with E-state index in [0.29, 0.717) is 13.0 Å². The van der Waals surface area contributed by atoms with Crippen molar-refractivity contribution in [2.75, 3.05) is 0 Å². The van der Waals surface area contributed by atoms with Crippen LogP contribution in [-0.2, 0) is 22.6 Å². The summed E-state index contributed by atoms with van der Waals surface area (Å²) in [5.41, 5.74) is 1.46. The van der Waals surface area contributed by atoms with Crippen molar-refractivity contribution in [3.05, 3.63) is 71.8 Å². The van der Waals surface area contributed by atoms with Gasteiger partial charge in [0.1, 0.15) is 11.6 Å². The summed E-state index contributed by atoms with van der Waals surface area (Å²) in [6.07, 6.45) is 5.18. The quantitative estimate of drug-likeness (QED) is 0.905. The van der Waals surface area contributed by atoms with E-state index in [4.69, 9.17) is 0 Å². The van der Waals surface area contributed by atoms with E-state index in [2.05, 4.69) is 5.32 Å². The Morgan fingerprint density at radius 2 is 1.44 bits per heavy atom. The number of amides is 2. The smallest absolute Gasteiger partial charge is 0.246 e. The minimum absolute atomic E-state index is 0.0265. The van der Waals surface area contributed by atoms with E-state index in [-0.39, 0.29) is 11.8 Å². The van der Waals surface area contributed by atoms with Crippen LogP contribution in [0.4, 0.5) is 0 Å². The first-order valence-corrected chi connectivity index (χ1v) is 9.89. The maximum Gasteiger partial charge on any atom is 0.246 e. The number of nitrogens with one attached hydrogen (secondary N) is 1. The van der Waals surface area contributed by atoms with Gasteiger partial charge in [-0.2, -0.15) is 0 Å². The summed E-state index contributed by atoms with van der Waals surface area (Å²) in [4.78, 5) is 28.6. The van der Waals surface area contributed by atoms with Gasteiger partial charge in [-0.25, -0.2) is 0 Å². The zero-order valence-corrected chi connectivity index (χ0v) is 15.6. The van der Waals surface area contributed by atoms with E-state index in [1.54, 1.807) is 0 Å². The number of benzene rings is 2. The first kappa shape index (κ1) is 17.8. The van der Waals surface area contributed by atoms with Crippen molar-refractivity contribution in [2.24, 2.45) is 0 Å². The number of hydrogen-bond donors (Lipinski definition) is 1. The fraction of sp³-hybridized carbons (Fsp3) is 0.391. The first-order chi connectivity index (χ1) is 13.2. The number of rotatable bonds is 4. The highest BCUT2D eigenvalue weighted by molar-refractivity contribution is 6.00. The molecule has 1 atom stereocenters. The molecule has 1 N–H and O–H groups in total. The van der Waals surface area contributed by atoms with Crippen LogP contribution >= 0.6 is 0 Å². The molecule has 2 aliphatic rings. The van der Waals surface area contributed by atoms with E-state index >= 15 is 0 Å². The summed E-state index contributed by atoms with van der Waals surface area (Å²) in [6.45, 7) is 0.498. The molecule has 27 heavy (non-hydrogen) atoms. The molecule has 0 aromatic heterocycles. The van der Waals surface area contributed by atoms with Crippen LogP contribution in [0, 0.1) is 0 Å². The lowest BCUT2D eigenvalue weighted by molar-refractivity contribution is -0.161. The van der Waals surface area contributed by atoms with Gasteiger partial charge < -0.3 is 10.2 Å². The van der Waals surface area contributed by atoms with Crippen LogP contribution in [0.25, 0.3) is 0 Å². The molecule has 2 aromatic carbocycles. The highest BCUT2D eigenvalue weighted by atomic mass is 16.2. The molecule has 1 saturated carbocycles. The van der Waals surface area contributed by atoms with Gasteiger partial charge >= 0.3 is 0 Å². The highest BCUT2D eigenvalue weighted by Gasteiger charge is 2.52. The molecule has 2 aromatic rings. The van der Waals surface area contributed by atoms with Gasteiger partial charge in [-0.05, 0) is 24.0 Å². The molecule has 140 valence electrons. The standard InChI is InChI=1S/C23H26N2O2/c26-21-20(16-18-10-4-1-5-11-18)24-22(27)23(14-8-3-9-15-23)25(21)17-19-12-6-2-7-13-19/h1-2,4-7,10-13,20H,3,8-9,14-17H2,(H,24,27). The molecule has 1 unspecified atom stereocenters. The summed E-state index contributed by atoms with van der Waals surface area (Å²) in [5, 5.41) is 3.06. The number of piperazine rings is 1. The molecule has 4 nitrogen and oxygen atoms in total. The maximum atomic E-state index is 13.5. The third kappa shape index (κ3) is 3.48. The number of carbonyl (C=O) groups excluding carboxylic acids is 2. The fourth-order valence-electron chi connectivity index (χ4n) is 4.49. The van der Waals surface area contributed by atoms with E-state index < -0.39 is 11.6 Å². The molecular weight excluding hydrogens is 336 g/mol. The van der Waals surface area contributed by atoms with Gasteiger partial charge in [0.25, 0.3) is 0 Å². The molecule has 1 aliphatic carbocycles. The molecular formula is C23H26N2O2. The fourth-order valence-corrected chi connectivity index (χ4v) is 4.49. The van der Waals surface area contributed by atoms with Crippen molar-refractivity contribution in [2.45, 2.75) is 56.7 Å². The highest BCUT2D eigenvalue weighted by Crippen LogP contribution is 2.38. The van der Waals surface area contributed by atoms with E-state index in [9.17, 15) is 9.59 Å². The Bertz CT molecular complexity index is 798. The largest absolute Gasteiger partial charge is 0.342 e. The van der Waals surface area contributed by atoms with Crippen LogP contribution in [0.1, 0.15) is 43.2 Å². The van der Waals surface area contributed by atoms with Crippen molar-refractivity contribution < 1.29 is 9.59 Å². The van der Waals surface area contributed by atoms with E-state index in [1.165, 1.54) is 0 Å². The number of carbonyl (C=O) groups is 2. The normalized spacial score (nSPS) is 21.9. The molecule has 1 aliphatic heterocycles. The third-order valence-corrected chi connectivity index (χ3v) is 5.96. The average molecular weight is 362 g/mol. The predicted octanol–water partition coefficient (Wildman–Crippen LogP) is 3.46. The van der Waals surface area contributed by atoms with Gasteiger partial charge in [-0.1, -0.05) is 79.9 Å². The van der Waals surface area contributed by atoms with Crippen LogP contribution in [0.15, 0.2) is 60.7 Å². The first-order valence-electron chi connectivity index (χ1n) is 9.89. The molecule has 1 spiro atoms. The van der Waals surface area contributed by atoms with Crippen LogP contribution in [0.5, 0.6) is 0 Å². The van der Waals surface area contributed by atoms with Crippen LogP contribution in [0.3, 0.4) is 0 Å². The molecule has 4 rings (SSSR count).